The van der Waals surface area contributed by atoms with E-state index in [-0.39, 0.29) is 0 Å². The van der Waals surface area contributed by atoms with Gasteiger partial charge in [0.15, 0.2) is 0 Å². The largest absolute Gasteiger partial charge is 0.314 e. The van der Waals surface area contributed by atoms with Crippen LogP contribution in [0.25, 0.3) is 0 Å². The molecule has 1 saturated carbocycles. The Bertz CT molecular complexity index is 321. The molecule has 0 aromatic heterocycles. The van der Waals surface area contributed by atoms with E-state index in [1.807, 2.05) is 12.1 Å². The molecule has 0 radical (unpaired) electrons. The highest BCUT2D eigenvalue weighted by Crippen LogP contribution is 2.22. The smallest absolute Gasteiger partial charge is 0.0453 e. The molecule has 0 spiro atoms. The molecule has 3 heteroatoms. The van der Waals surface area contributed by atoms with E-state index in [9.17, 15) is 0 Å². The molecule has 0 unspecified atom stereocenters. The van der Waals surface area contributed by atoms with Crippen LogP contribution in [0.3, 0.4) is 0 Å². The fourth-order valence-corrected chi connectivity index (χ4v) is 1.93. The Hall–Kier alpha value is -0.240. The van der Waals surface area contributed by atoms with E-state index in [1.54, 1.807) is 6.07 Å². The van der Waals surface area contributed by atoms with Crippen molar-refractivity contribution in [3.63, 3.8) is 0 Å². The minimum absolute atomic E-state index is 0.703. The Morgan fingerprint density at radius 2 is 2.07 bits per heavy atom. The molecule has 76 valence electrons. The number of rotatable bonds is 4. The van der Waals surface area contributed by atoms with Crippen LogP contribution in [0.15, 0.2) is 18.2 Å². The number of nitrogens with one attached hydrogen (secondary N) is 1. The van der Waals surface area contributed by atoms with Gasteiger partial charge in [0.25, 0.3) is 0 Å². The summed E-state index contributed by atoms with van der Waals surface area (Å²) in [5, 5.41) is 4.93. The summed E-state index contributed by atoms with van der Waals surface area (Å²) in [6.45, 7) is 1.01. The SMILES string of the molecule is Clc1ccc(CCNC2CC2)c(Cl)c1. The second-order valence-corrected chi connectivity index (χ2v) is 4.56. The van der Waals surface area contributed by atoms with Gasteiger partial charge in [-0.25, -0.2) is 0 Å². The Kier molecular flexibility index (Phi) is 3.32. The van der Waals surface area contributed by atoms with Crippen LogP contribution < -0.4 is 5.32 Å². The number of benzene rings is 1. The summed E-state index contributed by atoms with van der Waals surface area (Å²) >= 11 is 11.9. The lowest BCUT2D eigenvalue weighted by atomic mass is 10.1. The topological polar surface area (TPSA) is 12.0 Å². The molecule has 1 aliphatic carbocycles. The van der Waals surface area contributed by atoms with Gasteiger partial charge in [0, 0.05) is 16.1 Å². The summed E-state index contributed by atoms with van der Waals surface area (Å²) < 4.78 is 0. The van der Waals surface area contributed by atoms with Crippen LogP contribution >= 0.6 is 23.2 Å². The van der Waals surface area contributed by atoms with Crippen LogP contribution in [0.4, 0.5) is 0 Å². The van der Waals surface area contributed by atoms with E-state index in [4.69, 9.17) is 23.2 Å². The summed E-state index contributed by atoms with van der Waals surface area (Å²) in [4.78, 5) is 0. The lowest BCUT2D eigenvalue weighted by Gasteiger charge is -2.05. The van der Waals surface area contributed by atoms with Gasteiger partial charge in [0.1, 0.15) is 0 Å². The maximum atomic E-state index is 6.05. The van der Waals surface area contributed by atoms with Crippen molar-refractivity contribution in [2.45, 2.75) is 25.3 Å². The first kappa shape index (κ1) is 10.3. The molecule has 0 saturated heterocycles. The summed E-state index contributed by atoms with van der Waals surface area (Å²) in [6.07, 6.45) is 3.63. The van der Waals surface area contributed by atoms with E-state index in [0.29, 0.717) is 5.02 Å². The first-order valence-corrected chi connectivity index (χ1v) is 5.68. The van der Waals surface area contributed by atoms with E-state index < -0.39 is 0 Å². The second-order valence-electron chi connectivity index (χ2n) is 3.71. The molecular formula is C11H13Cl2N. The summed E-state index contributed by atoms with van der Waals surface area (Å²) in [5.74, 6) is 0. The minimum Gasteiger partial charge on any atom is -0.314 e. The highest BCUT2D eigenvalue weighted by atomic mass is 35.5. The average Bonchev–Trinajstić information content (AvgIpc) is 2.92. The van der Waals surface area contributed by atoms with Crippen LogP contribution in [-0.4, -0.2) is 12.6 Å². The van der Waals surface area contributed by atoms with Gasteiger partial charge < -0.3 is 5.32 Å². The van der Waals surface area contributed by atoms with Crippen LogP contribution in [0.1, 0.15) is 18.4 Å². The Labute approximate surface area is 94.4 Å². The van der Waals surface area contributed by atoms with Crippen molar-refractivity contribution in [3.05, 3.63) is 33.8 Å². The fourth-order valence-electron chi connectivity index (χ4n) is 1.42. The highest BCUT2D eigenvalue weighted by molar-refractivity contribution is 6.35. The standard InChI is InChI=1S/C11H13Cl2N/c12-9-2-1-8(11(13)7-9)5-6-14-10-3-4-10/h1-2,7,10,14H,3-6H2. The van der Waals surface area contributed by atoms with Crippen molar-refractivity contribution in [3.8, 4) is 0 Å². The fraction of sp³-hybridized carbons (Fsp3) is 0.455. The highest BCUT2D eigenvalue weighted by Gasteiger charge is 2.19. The summed E-state index contributed by atoms with van der Waals surface area (Å²) in [6, 6.07) is 6.45. The van der Waals surface area contributed by atoms with Crippen LogP contribution in [0.5, 0.6) is 0 Å². The summed E-state index contributed by atoms with van der Waals surface area (Å²) in [5.41, 5.74) is 1.17. The van der Waals surface area contributed by atoms with Gasteiger partial charge in [-0.15, -0.1) is 0 Å². The Balaban J connectivity index is 1.87. The molecule has 14 heavy (non-hydrogen) atoms. The van der Waals surface area contributed by atoms with Gasteiger partial charge in [-0.2, -0.15) is 0 Å². The Morgan fingerprint density at radius 3 is 2.71 bits per heavy atom. The second kappa shape index (κ2) is 4.52. The van der Waals surface area contributed by atoms with E-state index in [0.717, 1.165) is 24.0 Å². The first-order valence-electron chi connectivity index (χ1n) is 4.93. The molecular weight excluding hydrogens is 217 g/mol. The monoisotopic (exact) mass is 229 g/mol. The van der Waals surface area contributed by atoms with Crippen molar-refractivity contribution in [1.29, 1.82) is 0 Å². The van der Waals surface area contributed by atoms with Gasteiger partial charge in [0.2, 0.25) is 0 Å². The third kappa shape index (κ3) is 2.88. The lowest BCUT2D eigenvalue weighted by molar-refractivity contribution is 0.682. The summed E-state index contributed by atoms with van der Waals surface area (Å²) in [7, 11) is 0. The molecule has 1 aliphatic rings. The molecule has 1 N–H and O–H groups in total. The zero-order chi connectivity index (χ0) is 9.97. The van der Waals surface area contributed by atoms with Gasteiger partial charge >= 0.3 is 0 Å². The number of hydrogen-bond donors (Lipinski definition) is 1. The predicted molar refractivity (Wildman–Crippen MR) is 61.2 cm³/mol. The van der Waals surface area contributed by atoms with Gasteiger partial charge in [-0.05, 0) is 43.5 Å². The van der Waals surface area contributed by atoms with Crippen molar-refractivity contribution < 1.29 is 0 Å². The van der Waals surface area contributed by atoms with Gasteiger partial charge in [0.05, 0.1) is 0 Å². The van der Waals surface area contributed by atoms with Crippen molar-refractivity contribution >= 4 is 23.2 Å². The maximum absolute atomic E-state index is 6.05. The van der Waals surface area contributed by atoms with E-state index in [2.05, 4.69) is 5.32 Å². The quantitative estimate of drug-likeness (QED) is 0.836. The normalized spacial score (nSPS) is 15.9. The van der Waals surface area contributed by atoms with E-state index >= 15 is 0 Å². The minimum atomic E-state index is 0.703. The Morgan fingerprint density at radius 1 is 1.29 bits per heavy atom. The molecule has 1 fully saturated rings. The van der Waals surface area contributed by atoms with E-state index in [1.165, 1.54) is 18.4 Å². The van der Waals surface area contributed by atoms with Crippen molar-refractivity contribution in [1.82, 2.24) is 5.32 Å². The third-order valence-electron chi connectivity index (χ3n) is 2.42. The van der Waals surface area contributed by atoms with Crippen molar-refractivity contribution in [2.75, 3.05) is 6.54 Å². The van der Waals surface area contributed by atoms with Crippen LogP contribution in [0.2, 0.25) is 10.0 Å². The van der Waals surface area contributed by atoms with Crippen molar-refractivity contribution in [2.24, 2.45) is 0 Å². The molecule has 0 atom stereocenters. The van der Waals surface area contributed by atoms with Crippen LogP contribution in [-0.2, 0) is 6.42 Å². The number of hydrogen-bond acceptors (Lipinski definition) is 1. The molecule has 0 aliphatic heterocycles. The number of halogens is 2. The zero-order valence-electron chi connectivity index (χ0n) is 7.89. The average molecular weight is 230 g/mol. The molecule has 1 aromatic carbocycles. The molecule has 0 heterocycles. The molecule has 1 nitrogen and oxygen atoms in total. The zero-order valence-corrected chi connectivity index (χ0v) is 9.41. The third-order valence-corrected chi connectivity index (χ3v) is 3.01. The maximum Gasteiger partial charge on any atom is 0.0453 e. The molecule has 1 aromatic rings. The molecule has 0 bridgehead atoms. The molecule has 0 amide bonds. The predicted octanol–water partition coefficient (Wildman–Crippen LogP) is 3.29. The first-order chi connectivity index (χ1) is 6.75. The molecule has 2 rings (SSSR count). The lowest BCUT2D eigenvalue weighted by Crippen LogP contribution is -2.19. The van der Waals surface area contributed by atoms with Gasteiger partial charge in [-0.1, -0.05) is 29.3 Å². The van der Waals surface area contributed by atoms with Gasteiger partial charge in [-0.3, -0.25) is 0 Å². The van der Waals surface area contributed by atoms with Crippen LogP contribution in [0, 0.1) is 0 Å².